The quantitative estimate of drug-likeness (QED) is 0.768. The first-order valence-electron chi connectivity index (χ1n) is 6.11. The highest BCUT2D eigenvalue weighted by Gasteiger charge is 2.43. The Kier molecular flexibility index (Phi) is 2.56. The van der Waals surface area contributed by atoms with Crippen LogP contribution in [0.25, 0.3) is 0 Å². The summed E-state index contributed by atoms with van der Waals surface area (Å²) in [5.41, 5.74) is 1.72. The zero-order valence-electron chi connectivity index (χ0n) is 10.1. The molecule has 0 bridgehead atoms. The van der Waals surface area contributed by atoms with E-state index in [-0.39, 0.29) is 24.0 Å². The lowest BCUT2D eigenvalue weighted by Gasteiger charge is -2.33. The predicted octanol–water partition coefficient (Wildman–Crippen LogP) is 0.782. The number of carbonyl (C=O) groups excluding carboxylic acids is 2. The average Bonchev–Trinajstić information content (AvgIpc) is 2.80. The number of carbonyl (C=O) groups is 2. The van der Waals surface area contributed by atoms with Gasteiger partial charge in [0.05, 0.1) is 11.7 Å². The van der Waals surface area contributed by atoms with Crippen LogP contribution in [0.4, 0.5) is 10.5 Å². The highest BCUT2D eigenvalue weighted by atomic mass is 16.2. The Hall–Kier alpha value is -1.88. The maximum atomic E-state index is 12.3. The van der Waals surface area contributed by atoms with Crippen molar-refractivity contribution in [2.45, 2.75) is 25.4 Å². The van der Waals surface area contributed by atoms with E-state index in [0.29, 0.717) is 5.69 Å². The van der Waals surface area contributed by atoms with Gasteiger partial charge in [-0.05, 0) is 32.0 Å². The van der Waals surface area contributed by atoms with E-state index in [2.05, 4.69) is 10.6 Å². The third kappa shape index (κ3) is 1.67. The predicted molar refractivity (Wildman–Crippen MR) is 67.4 cm³/mol. The summed E-state index contributed by atoms with van der Waals surface area (Å²) < 4.78 is 0. The highest BCUT2D eigenvalue weighted by Crippen LogP contribution is 2.22. The zero-order valence-corrected chi connectivity index (χ0v) is 10.1. The monoisotopic (exact) mass is 245 g/mol. The van der Waals surface area contributed by atoms with Gasteiger partial charge in [-0.2, -0.15) is 0 Å². The lowest BCUT2D eigenvalue weighted by Crippen LogP contribution is -2.63. The lowest BCUT2D eigenvalue weighted by molar-refractivity contribution is -0.120. The van der Waals surface area contributed by atoms with Crippen LogP contribution in [0.3, 0.4) is 0 Å². The van der Waals surface area contributed by atoms with Crippen molar-refractivity contribution >= 4 is 17.6 Å². The minimum Gasteiger partial charge on any atom is -0.332 e. The summed E-state index contributed by atoms with van der Waals surface area (Å²) in [5.74, 6) is -0.162. The molecule has 5 heteroatoms. The van der Waals surface area contributed by atoms with Gasteiger partial charge in [-0.3, -0.25) is 4.79 Å². The summed E-state index contributed by atoms with van der Waals surface area (Å²) in [6.45, 7) is 2.74. The number of hydrogen-bond donors (Lipinski definition) is 2. The minimum absolute atomic E-state index is 0.0632. The molecule has 2 fully saturated rings. The van der Waals surface area contributed by atoms with Crippen LogP contribution in [0.1, 0.15) is 12.0 Å². The summed E-state index contributed by atoms with van der Waals surface area (Å²) in [7, 11) is 0. The number of anilines is 1. The van der Waals surface area contributed by atoms with Crippen LogP contribution in [0.2, 0.25) is 0 Å². The van der Waals surface area contributed by atoms with E-state index in [0.717, 1.165) is 18.5 Å². The Balaban J connectivity index is 1.93. The summed E-state index contributed by atoms with van der Waals surface area (Å²) in [6, 6.07) is 6.70. The van der Waals surface area contributed by atoms with Crippen molar-refractivity contribution in [3.63, 3.8) is 0 Å². The Morgan fingerprint density at radius 2 is 1.94 bits per heavy atom. The molecule has 1 aromatic rings. The number of amides is 3. The summed E-state index contributed by atoms with van der Waals surface area (Å²) >= 11 is 0. The summed E-state index contributed by atoms with van der Waals surface area (Å²) in [6.07, 6.45) is 0.809. The van der Waals surface area contributed by atoms with Crippen LogP contribution in [-0.4, -0.2) is 30.6 Å². The third-order valence-electron chi connectivity index (χ3n) is 3.51. The Bertz CT molecular complexity index is 497. The smallest absolute Gasteiger partial charge is 0.329 e. The number of fused-ring (bicyclic) bond motifs is 1. The number of aryl methyl sites for hydroxylation is 1. The fourth-order valence-corrected chi connectivity index (χ4v) is 2.52. The van der Waals surface area contributed by atoms with Crippen molar-refractivity contribution in [1.82, 2.24) is 10.6 Å². The molecular weight excluding hydrogens is 230 g/mol. The molecule has 2 heterocycles. The third-order valence-corrected chi connectivity index (χ3v) is 3.51. The molecule has 0 radical (unpaired) electrons. The van der Waals surface area contributed by atoms with Gasteiger partial charge in [0.1, 0.15) is 6.04 Å². The van der Waals surface area contributed by atoms with Crippen molar-refractivity contribution in [3.8, 4) is 0 Å². The standard InChI is InChI=1S/C13H15N3O2/c1-8-2-4-9(5-3-8)16-12(17)11-10(6-7-14-11)15-13(16)18/h2-5,10-11,14H,6-7H2,1H3,(H,15,18)/t10-,11+/m1/s1. The number of nitrogens with one attached hydrogen (secondary N) is 2. The molecule has 5 nitrogen and oxygen atoms in total. The van der Waals surface area contributed by atoms with Gasteiger partial charge in [0.15, 0.2) is 0 Å². The first-order chi connectivity index (χ1) is 8.66. The van der Waals surface area contributed by atoms with Crippen LogP contribution < -0.4 is 15.5 Å². The van der Waals surface area contributed by atoms with Gasteiger partial charge >= 0.3 is 6.03 Å². The maximum Gasteiger partial charge on any atom is 0.329 e. The van der Waals surface area contributed by atoms with Gasteiger partial charge in [-0.15, -0.1) is 0 Å². The molecule has 0 saturated carbocycles. The van der Waals surface area contributed by atoms with E-state index in [1.807, 2.05) is 19.1 Å². The van der Waals surface area contributed by atoms with Crippen LogP contribution >= 0.6 is 0 Å². The second-order valence-corrected chi connectivity index (χ2v) is 4.79. The van der Waals surface area contributed by atoms with Crippen LogP contribution in [-0.2, 0) is 4.79 Å². The molecule has 0 spiro atoms. The molecule has 94 valence electrons. The van der Waals surface area contributed by atoms with Crippen molar-refractivity contribution in [1.29, 1.82) is 0 Å². The normalized spacial score (nSPS) is 27.1. The highest BCUT2D eigenvalue weighted by molar-refractivity contribution is 6.18. The first-order valence-corrected chi connectivity index (χ1v) is 6.11. The topological polar surface area (TPSA) is 61.4 Å². The minimum atomic E-state index is -0.325. The number of benzene rings is 1. The molecule has 2 atom stereocenters. The Morgan fingerprint density at radius 1 is 1.22 bits per heavy atom. The number of nitrogens with zero attached hydrogens (tertiary/aromatic N) is 1. The molecule has 2 aliphatic rings. The molecule has 18 heavy (non-hydrogen) atoms. The SMILES string of the molecule is Cc1ccc(N2C(=O)N[C@@H]3CCN[C@@H]3C2=O)cc1. The largest absolute Gasteiger partial charge is 0.332 e. The van der Waals surface area contributed by atoms with Gasteiger partial charge in [0.2, 0.25) is 0 Å². The molecule has 0 aliphatic carbocycles. The molecule has 2 saturated heterocycles. The van der Waals surface area contributed by atoms with E-state index in [4.69, 9.17) is 0 Å². The second-order valence-electron chi connectivity index (χ2n) is 4.79. The lowest BCUT2D eigenvalue weighted by atomic mass is 10.1. The fourth-order valence-electron chi connectivity index (χ4n) is 2.52. The summed E-state index contributed by atoms with van der Waals surface area (Å²) in [4.78, 5) is 25.5. The van der Waals surface area contributed by atoms with E-state index in [9.17, 15) is 9.59 Å². The molecule has 3 amide bonds. The maximum absolute atomic E-state index is 12.3. The second kappa shape index (κ2) is 4.10. The van der Waals surface area contributed by atoms with Crippen molar-refractivity contribution in [2.24, 2.45) is 0 Å². The molecular formula is C13H15N3O2. The Labute approximate surface area is 105 Å². The van der Waals surface area contributed by atoms with Crippen LogP contribution in [0.5, 0.6) is 0 Å². The molecule has 2 aliphatic heterocycles. The molecule has 3 rings (SSSR count). The van der Waals surface area contributed by atoms with E-state index in [1.54, 1.807) is 12.1 Å². The molecule has 0 unspecified atom stereocenters. The number of rotatable bonds is 1. The van der Waals surface area contributed by atoms with Crippen molar-refractivity contribution < 1.29 is 9.59 Å². The van der Waals surface area contributed by atoms with Crippen molar-refractivity contribution in [2.75, 3.05) is 11.4 Å². The van der Waals surface area contributed by atoms with Gasteiger partial charge in [-0.25, -0.2) is 9.69 Å². The van der Waals surface area contributed by atoms with Crippen molar-refractivity contribution in [3.05, 3.63) is 29.8 Å². The Morgan fingerprint density at radius 3 is 2.67 bits per heavy atom. The van der Waals surface area contributed by atoms with E-state index < -0.39 is 0 Å². The fraction of sp³-hybridized carbons (Fsp3) is 0.385. The first kappa shape index (κ1) is 11.2. The van der Waals surface area contributed by atoms with Crippen LogP contribution in [0, 0.1) is 6.92 Å². The number of urea groups is 1. The summed E-state index contributed by atoms with van der Waals surface area (Å²) in [5, 5.41) is 6.01. The van der Waals surface area contributed by atoms with Crippen LogP contribution in [0.15, 0.2) is 24.3 Å². The average molecular weight is 245 g/mol. The molecule has 0 aromatic heterocycles. The van der Waals surface area contributed by atoms with Gasteiger partial charge in [0.25, 0.3) is 5.91 Å². The van der Waals surface area contributed by atoms with Gasteiger partial charge in [-0.1, -0.05) is 17.7 Å². The number of hydrogen-bond acceptors (Lipinski definition) is 3. The van der Waals surface area contributed by atoms with Gasteiger partial charge in [0, 0.05) is 0 Å². The molecule has 2 N–H and O–H groups in total. The zero-order chi connectivity index (χ0) is 12.7. The van der Waals surface area contributed by atoms with E-state index >= 15 is 0 Å². The van der Waals surface area contributed by atoms with Gasteiger partial charge < -0.3 is 10.6 Å². The number of imide groups is 1. The van der Waals surface area contributed by atoms with E-state index in [1.165, 1.54) is 4.90 Å². The molecule has 1 aromatic carbocycles.